The molecule has 0 aliphatic heterocycles. The molecule has 1 aromatic heterocycles. The van der Waals surface area contributed by atoms with Gasteiger partial charge in [-0.25, -0.2) is 0 Å². The van der Waals surface area contributed by atoms with E-state index in [-0.39, 0.29) is 5.92 Å². The van der Waals surface area contributed by atoms with Gasteiger partial charge < -0.3 is 14.5 Å². The molecule has 0 unspecified atom stereocenters. The average Bonchev–Trinajstić information content (AvgIpc) is 3.26. The molecule has 0 bridgehead atoms. The first-order chi connectivity index (χ1) is 12.8. The summed E-state index contributed by atoms with van der Waals surface area (Å²) in [6, 6.07) is 21.1. The molecule has 0 saturated heterocycles. The van der Waals surface area contributed by atoms with Crippen molar-refractivity contribution in [1.82, 2.24) is 4.98 Å². The zero-order valence-electron chi connectivity index (χ0n) is 14.7. The van der Waals surface area contributed by atoms with Crippen molar-refractivity contribution in [2.24, 2.45) is 0 Å². The number of hydrogen-bond acceptors (Lipinski definition) is 2. The Labute approximate surface area is 152 Å². The Morgan fingerprint density at radius 3 is 2.46 bits per heavy atom. The minimum absolute atomic E-state index is 0.137. The summed E-state index contributed by atoms with van der Waals surface area (Å²) in [5, 5.41) is 1.25. The SMILES string of the molecule is COc1cc(OC)c2c(c1)-c1ccccc1[C@H]2c1c[nH]c2ccccc12. The highest BCUT2D eigenvalue weighted by atomic mass is 16.5. The van der Waals surface area contributed by atoms with Gasteiger partial charge in [-0.2, -0.15) is 0 Å². The first kappa shape index (κ1) is 15.1. The van der Waals surface area contributed by atoms with Gasteiger partial charge in [0.25, 0.3) is 0 Å². The molecule has 0 saturated carbocycles. The number of nitrogens with one attached hydrogen (secondary N) is 1. The Morgan fingerprint density at radius 2 is 1.62 bits per heavy atom. The summed E-state index contributed by atoms with van der Waals surface area (Å²) < 4.78 is 11.3. The van der Waals surface area contributed by atoms with Crippen molar-refractivity contribution in [3.8, 4) is 22.6 Å². The predicted octanol–water partition coefficient (Wildman–Crippen LogP) is 5.35. The molecule has 4 aromatic rings. The molecule has 0 spiro atoms. The van der Waals surface area contributed by atoms with Crippen LogP contribution in [0.15, 0.2) is 66.9 Å². The summed E-state index contributed by atoms with van der Waals surface area (Å²) >= 11 is 0. The highest BCUT2D eigenvalue weighted by molar-refractivity contribution is 5.90. The van der Waals surface area contributed by atoms with Crippen LogP contribution in [0.2, 0.25) is 0 Å². The van der Waals surface area contributed by atoms with Crippen molar-refractivity contribution in [3.63, 3.8) is 0 Å². The minimum atomic E-state index is 0.137. The lowest BCUT2D eigenvalue weighted by atomic mass is 9.88. The fraction of sp³-hybridized carbons (Fsp3) is 0.130. The number of benzene rings is 3. The lowest BCUT2D eigenvalue weighted by molar-refractivity contribution is 0.391. The van der Waals surface area contributed by atoms with Gasteiger partial charge in [-0.1, -0.05) is 42.5 Å². The highest BCUT2D eigenvalue weighted by Crippen LogP contribution is 2.53. The largest absolute Gasteiger partial charge is 0.497 e. The van der Waals surface area contributed by atoms with Gasteiger partial charge in [0.2, 0.25) is 0 Å². The van der Waals surface area contributed by atoms with Crippen LogP contribution in [-0.4, -0.2) is 19.2 Å². The van der Waals surface area contributed by atoms with Crippen molar-refractivity contribution < 1.29 is 9.47 Å². The third-order valence-electron chi connectivity index (χ3n) is 5.35. The number of H-pyrrole nitrogens is 1. The zero-order chi connectivity index (χ0) is 17.7. The summed E-state index contributed by atoms with van der Waals surface area (Å²) in [6.07, 6.45) is 2.13. The van der Waals surface area contributed by atoms with Gasteiger partial charge in [0, 0.05) is 34.6 Å². The van der Waals surface area contributed by atoms with Crippen molar-refractivity contribution in [3.05, 3.63) is 83.6 Å². The van der Waals surface area contributed by atoms with Crippen LogP contribution in [0, 0.1) is 0 Å². The molecule has 3 nitrogen and oxygen atoms in total. The van der Waals surface area contributed by atoms with Crippen LogP contribution in [0.1, 0.15) is 22.6 Å². The van der Waals surface area contributed by atoms with Crippen LogP contribution < -0.4 is 9.47 Å². The van der Waals surface area contributed by atoms with Gasteiger partial charge in [-0.05, 0) is 34.4 Å². The van der Waals surface area contributed by atoms with Gasteiger partial charge in [0.15, 0.2) is 0 Å². The van der Waals surface area contributed by atoms with Gasteiger partial charge >= 0.3 is 0 Å². The van der Waals surface area contributed by atoms with E-state index in [1.807, 2.05) is 6.07 Å². The van der Waals surface area contributed by atoms with E-state index in [1.54, 1.807) is 14.2 Å². The van der Waals surface area contributed by atoms with Crippen molar-refractivity contribution in [1.29, 1.82) is 0 Å². The van der Waals surface area contributed by atoms with Crippen molar-refractivity contribution in [2.45, 2.75) is 5.92 Å². The first-order valence-electron chi connectivity index (χ1n) is 8.73. The fourth-order valence-electron chi connectivity index (χ4n) is 4.21. The second-order valence-electron chi connectivity index (χ2n) is 6.60. The predicted molar refractivity (Wildman–Crippen MR) is 104 cm³/mol. The van der Waals surface area contributed by atoms with Gasteiger partial charge in [0.1, 0.15) is 11.5 Å². The van der Waals surface area contributed by atoms with Crippen LogP contribution in [-0.2, 0) is 0 Å². The van der Waals surface area contributed by atoms with Crippen molar-refractivity contribution in [2.75, 3.05) is 14.2 Å². The second-order valence-corrected chi connectivity index (χ2v) is 6.60. The lowest BCUT2D eigenvalue weighted by Gasteiger charge is -2.17. The van der Waals surface area contributed by atoms with Crippen LogP contribution in [0.5, 0.6) is 11.5 Å². The second kappa shape index (κ2) is 5.67. The lowest BCUT2D eigenvalue weighted by Crippen LogP contribution is -2.01. The van der Waals surface area contributed by atoms with Crippen LogP contribution in [0.25, 0.3) is 22.0 Å². The fourth-order valence-corrected chi connectivity index (χ4v) is 4.21. The molecule has 26 heavy (non-hydrogen) atoms. The number of methoxy groups -OCH3 is 2. The Hall–Kier alpha value is -3.20. The summed E-state index contributed by atoms with van der Waals surface area (Å²) in [7, 11) is 3.42. The zero-order valence-corrected chi connectivity index (χ0v) is 14.7. The highest BCUT2D eigenvalue weighted by Gasteiger charge is 2.34. The van der Waals surface area contributed by atoms with Gasteiger partial charge in [-0.15, -0.1) is 0 Å². The summed E-state index contributed by atoms with van der Waals surface area (Å²) in [6.45, 7) is 0. The summed E-state index contributed by atoms with van der Waals surface area (Å²) in [5.41, 5.74) is 7.37. The average molecular weight is 341 g/mol. The Kier molecular flexibility index (Phi) is 3.29. The Bertz CT molecular complexity index is 1130. The maximum absolute atomic E-state index is 5.78. The van der Waals surface area contributed by atoms with E-state index < -0.39 is 0 Å². The first-order valence-corrected chi connectivity index (χ1v) is 8.73. The summed E-state index contributed by atoms with van der Waals surface area (Å²) in [5.74, 6) is 1.82. The minimum Gasteiger partial charge on any atom is -0.497 e. The molecule has 0 radical (unpaired) electrons. The molecule has 3 aromatic carbocycles. The Balaban J connectivity index is 1.85. The Morgan fingerprint density at radius 1 is 0.808 bits per heavy atom. The monoisotopic (exact) mass is 341 g/mol. The molecule has 1 heterocycles. The molecule has 0 fully saturated rings. The third-order valence-corrected chi connectivity index (χ3v) is 5.35. The van der Waals surface area contributed by atoms with E-state index in [0.717, 1.165) is 17.0 Å². The third kappa shape index (κ3) is 2.00. The number of hydrogen-bond donors (Lipinski definition) is 1. The topological polar surface area (TPSA) is 34.2 Å². The number of rotatable bonds is 3. The molecule has 1 aliphatic rings. The van der Waals surface area contributed by atoms with E-state index in [4.69, 9.17) is 9.47 Å². The number of aromatic amines is 1. The van der Waals surface area contributed by atoms with Gasteiger partial charge in [0.05, 0.1) is 14.2 Å². The standard InChI is InChI=1S/C23H19NO2/c1-25-14-11-18-15-7-3-4-9-17(15)22(23(18)21(12-14)26-2)19-13-24-20-10-6-5-8-16(19)20/h3-13,22,24H,1-2H3/t22-/m0/s1. The maximum atomic E-state index is 5.78. The molecular formula is C23H19NO2. The number of fused-ring (bicyclic) bond motifs is 4. The smallest absolute Gasteiger partial charge is 0.127 e. The van der Waals surface area contributed by atoms with E-state index in [1.165, 1.54) is 33.2 Å². The molecular weight excluding hydrogens is 322 g/mol. The molecule has 0 amide bonds. The van der Waals surface area contributed by atoms with E-state index in [2.05, 4.69) is 65.8 Å². The molecule has 1 atom stereocenters. The molecule has 1 N–H and O–H groups in total. The summed E-state index contributed by atoms with van der Waals surface area (Å²) in [4.78, 5) is 3.42. The van der Waals surface area contributed by atoms with Crippen molar-refractivity contribution >= 4 is 10.9 Å². The van der Waals surface area contributed by atoms with E-state index in [9.17, 15) is 0 Å². The maximum Gasteiger partial charge on any atom is 0.127 e. The number of aromatic nitrogens is 1. The number of ether oxygens (including phenoxy) is 2. The van der Waals surface area contributed by atoms with E-state index in [0.29, 0.717) is 0 Å². The normalized spacial score (nSPS) is 14.9. The van der Waals surface area contributed by atoms with E-state index >= 15 is 0 Å². The van der Waals surface area contributed by atoms with Crippen LogP contribution in [0.3, 0.4) is 0 Å². The van der Waals surface area contributed by atoms with Crippen LogP contribution >= 0.6 is 0 Å². The molecule has 3 heteroatoms. The molecule has 128 valence electrons. The van der Waals surface area contributed by atoms with Gasteiger partial charge in [-0.3, -0.25) is 0 Å². The number of para-hydroxylation sites is 1. The quantitative estimate of drug-likeness (QED) is 0.480. The molecule has 5 rings (SSSR count). The molecule has 1 aliphatic carbocycles. The van der Waals surface area contributed by atoms with Crippen LogP contribution in [0.4, 0.5) is 0 Å².